The molecular weight excluding hydrogens is 336 g/mol. The van der Waals surface area contributed by atoms with E-state index in [-0.39, 0.29) is 6.10 Å². The molecule has 0 bridgehead atoms. The van der Waals surface area contributed by atoms with Crippen LogP contribution in [-0.4, -0.2) is 47.4 Å². The Morgan fingerprint density at radius 1 is 1.04 bits per heavy atom. The van der Waals surface area contributed by atoms with Gasteiger partial charge in [-0.05, 0) is 37.5 Å². The molecule has 1 N–H and O–H groups in total. The topological polar surface area (TPSA) is 52.5 Å². The lowest BCUT2D eigenvalue weighted by Crippen LogP contribution is -2.47. The van der Waals surface area contributed by atoms with E-state index in [1.165, 1.54) is 11.3 Å². The maximum atomic E-state index is 9.51. The largest absolute Gasteiger partial charge is 0.393 e. The van der Waals surface area contributed by atoms with Gasteiger partial charge in [-0.3, -0.25) is 0 Å². The average Bonchev–Trinajstić information content (AvgIpc) is 2.61. The van der Waals surface area contributed by atoms with E-state index in [9.17, 15) is 5.11 Å². The molecule has 2 aliphatic rings. The van der Waals surface area contributed by atoms with Gasteiger partial charge in [0.15, 0.2) is 0 Å². The minimum atomic E-state index is -0.159. The summed E-state index contributed by atoms with van der Waals surface area (Å²) in [6.45, 7) is 5.87. The standard InChI is InChI=1S/C19H23ClN4O/c1-13-2-3-15(20)10-18(13)23-4-6-24(7-5-23)19-11-17(21-12-22-19)14-8-16(25)9-14/h2-3,10-12,14,16,25H,4-9H2,1H3. The smallest absolute Gasteiger partial charge is 0.132 e. The molecular formula is C19H23ClN4O. The van der Waals surface area contributed by atoms with Gasteiger partial charge >= 0.3 is 0 Å². The normalized spacial score (nSPS) is 23.5. The fourth-order valence-corrected chi connectivity index (χ4v) is 3.85. The highest BCUT2D eigenvalue weighted by Crippen LogP contribution is 2.36. The Morgan fingerprint density at radius 3 is 2.48 bits per heavy atom. The van der Waals surface area contributed by atoms with Crippen LogP contribution < -0.4 is 9.80 Å². The monoisotopic (exact) mass is 358 g/mol. The Hall–Kier alpha value is -1.85. The molecule has 132 valence electrons. The first kappa shape index (κ1) is 16.6. The molecule has 1 aromatic carbocycles. The van der Waals surface area contributed by atoms with Crippen LogP contribution in [0, 0.1) is 6.92 Å². The number of rotatable bonds is 3. The van der Waals surface area contributed by atoms with Gasteiger partial charge in [0.2, 0.25) is 0 Å². The first-order valence-corrected chi connectivity index (χ1v) is 9.24. The number of aliphatic hydroxyl groups excluding tert-OH is 1. The lowest BCUT2D eigenvalue weighted by Gasteiger charge is -2.38. The molecule has 0 amide bonds. The van der Waals surface area contributed by atoms with Crippen molar-refractivity contribution in [3.63, 3.8) is 0 Å². The molecule has 5 nitrogen and oxygen atoms in total. The minimum absolute atomic E-state index is 0.159. The van der Waals surface area contributed by atoms with Gasteiger partial charge in [-0.1, -0.05) is 17.7 Å². The Labute approximate surface area is 153 Å². The third kappa shape index (κ3) is 3.44. The van der Waals surface area contributed by atoms with Crippen LogP contribution in [0.4, 0.5) is 11.5 Å². The Kier molecular flexibility index (Phi) is 4.52. The van der Waals surface area contributed by atoms with Crippen LogP contribution >= 0.6 is 11.6 Å². The van der Waals surface area contributed by atoms with Crippen molar-refractivity contribution in [1.82, 2.24) is 9.97 Å². The van der Waals surface area contributed by atoms with Crippen LogP contribution in [0.25, 0.3) is 0 Å². The van der Waals surface area contributed by atoms with Crippen molar-refractivity contribution in [2.45, 2.75) is 31.8 Å². The predicted molar refractivity (Wildman–Crippen MR) is 101 cm³/mol. The first-order valence-electron chi connectivity index (χ1n) is 8.86. The number of aryl methyl sites for hydroxylation is 1. The first-order chi connectivity index (χ1) is 12.1. The van der Waals surface area contributed by atoms with Crippen LogP contribution in [0.15, 0.2) is 30.6 Å². The van der Waals surface area contributed by atoms with Gasteiger partial charge in [0.25, 0.3) is 0 Å². The molecule has 0 radical (unpaired) electrons. The third-order valence-corrected chi connectivity index (χ3v) is 5.56. The predicted octanol–water partition coefficient (Wildman–Crippen LogP) is 3.00. The summed E-state index contributed by atoms with van der Waals surface area (Å²) in [6.07, 6.45) is 3.13. The summed E-state index contributed by atoms with van der Waals surface area (Å²) in [5, 5.41) is 10.3. The highest BCUT2D eigenvalue weighted by Gasteiger charge is 2.30. The van der Waals surface area contributed by atoms with Crippen molar-refractivity contribution in [2.24, 2.45) is 0 Å². The summed E-state index contributed by atoms with van der Waals surface area (Å²) < 4.78 is 0. The highest BCUT2D eigenvalue weighted by atomic mass is 35.5. The van der Waals surface area contributed by atoms with Crippen molar-refractivity contribution < 1.29 is 5.11 Å². The summed E-state index contributed by atoms with van der Waals surface area (Å²) in [4.78, 5) is 13.6. The van der Waals surface area contributed by atoms with Gasteiger partial charge in [-0.25, -0.2) is 9.97 Å². The molecule has 2 heterocycles. The van der Waals surface area contributed by atoms with Crippen LogP contribution in [0.5, 0.6) is 0 Å². The molecule has 2 fully saturated rings. The van der Waals surface area contributed by atoms with Crippen molar-refractivity contribution >= 4 is 23.1 Å². The number of anilines is 2. The molecule has 4 rings (SSSR count). The van der Waals surface area contributed by atoms with E-state index < -0.39 is 0 Å². The number of aromatic nitrogens is 2. The number of piperazine rings is 1. The summed E-state index contributed by atoms with van der Waals surface area (Å²) in [6, 6.07) is 8.16. The van der Waals surface area contributed by atoms with E-state index >= 15 is 0 Å². The van der Waals surface area contributed by atoms with E-state index in [1.54, 1.807) is 6.33 Å². The maximum Gasteiger partial charge on any atom is 0.132 e. The molecule has 1 saturated heterocycles. The molecule has 1 saturated carbocycles. The van der Waals surface area contributed by atoms with Crippen LogP contribution in [0.3, 0.4) is 0 Å². The van der Waals surface area contributed by atoms with E-state index in [4.69, 9.17) is 11.6 Å². The number of hydrogen-bond acceptors (Lipinski definition) is 5. The second kappa shape index (κ2) is 6.81. The van der Waals surface area contributed by atoms with E-state index in [2.05, 4.69) is 44.9 Å². The van der Waals surface area contributed by atoms with Crippen LogP contribution in [0.1, 0.15) is 30.0 Å². The van der Waals surface area contributed by atoms with Crippen molar-refractivity contribution in [2.75, 3.05) is 36.0 Å². The Balaban J connectivity index is 1.43. The van der Waals surface area contributed by atoms with E-state index in [0.717, 1.165) is 55.6 Å². The molecule has 2 aromatic rings. The van der Waals surface area contributed by atoms with Gasteiger partial charge in [0.05, 0.1) is 6.10 Å². The van der Waals surface area contributed by atoms with Crippen molar-refractivity contribution in [3.05, 3.63) is 46.9 Å². The summed E-state index contributed by atoms with van der Waals surface area (Å²) in [5.41, 5.74) is 3.54. The van der Waals surface area contributed by atoms with Crippen molar-refractivity contribution in [1.29, 1.82) is 0 Å². The van der Waals surface area contributed by atoms with Crippen LogP contribution in [0.2, 0.25) is 5.02 Å². The van der Waals surface area contributed by atoms with Crippen molar-refractivity contribution in [3.8, 4) is 0 Å². The summed E-state index contributed by atoms with van der Waals surface area (Å²) in [7, 11) is 0. The van der Waals surface area contributed by atoms with E-state index in [1.807, 2.05) is 6.07 Å². The lowest BCUT2D eigenvalue weighted by atomic mass is 9.80. The van der Waals surface area contributed by atoms with Gasteiger partial charge in [0.1, 0.15) is 12.1 Å². The summed E-state index contributed by atoms with van der Waals surface area (Å²) in [5.74, 6) is 1.38. The number of aliphatic hydroxyl groups is 1. The molecule has 0 spiro atoms. The fourth-order valence-electron chi connectivity index (χ4n) is 3.69. The number of hydrogen-bond donors (Lipinski definition) is 1. The molecule has 0 atom stereocenters. The number of benzene rings is 1. The fraction of sp³-hybridized carbons (Fsp3) is 0.474. The highest BCUT2D eigenvalue weighted by molar-refractivity contribution is 6.30. The average molecular weight is 359 g/mol. The Morgan fingerprint density at radius 2 is 1.76 bits per heavy atom. The van der Waals surface area contributed by atoms with Crippen LogP contribution in [-0.2, 0) is 0 Å². The number of nitrogens with zero attached hydrogens (tertiary/aromatic N) is 4. The Bertz CT molecular complexity index is 755. The molecule has 25 heavy (non-hydrogen) atoms. The number of halogens is 1. The van der Waals surface area contributed by atoms with Gasteiger partial charge < -0.3 is 14.9 Å². The zero-order chi connectivity index (χ0) is 17.4. The second-order valence-corrected chi connectivity index (χ2v) is 7.46. The molecule has 1 aliphatic carbocycles. The summed E-state index contributed by atoms with van der Waals surface area (Å²) >= 11 is 6.17. The molecule has 1 aliphatic heterocycles. The van der Waals surface area contributed by atoms with E-state index in [0.29, 0.717) is 5.92 Å². The minimum Gasteiger partial charge on any atom is -0.393 e. The molecule has 6 heteroatoms. The van der Waals surface area contributed by atoms with Gasteiger partial charge in [0, 0.05) is 54.6 Å². The van der Waals surface area contributed by atoms with Gasteiger partial charge in [-0.15, -0.1) is 0 Å². The SMILES string of the molecule is Cc1ccc(Cl)cc1N1CCN(c2cc(C3CC(O)C3)ncn2)CC1. The molecule has 1 aromatic heterocycles. The zero-order valence-corrected chi connectivity index (χ0v) is 15.2. The second-order valence-electron chi connectivity index (χ2n) is 7.03. The molecule has 0 unspecified atom stereocenters. The quantitative estimate of drug-likeness (QED) is 0.914. The zero-order valence-electron chi connectivity index (χ0n) is 14.4. The lowest BCUT2D eigenvalue weighted by molar-refractivity contribution is 0.0732. The maximum absolute atomic E-state index is 9.51. The third-order valence-electron chi connectivity index (χ3n) is 5.32. The van der Waals surface area contributed by atoms with Gasteiger partial charge in [-0.2, -0.15) is 0 Å².